The van der Waals surface area contributed by atoms with Gasteiger partial charge < -0.3 is 9.80 Å². The SMILES string of the molecule is CC(C)N1CCN2c3ncc(-c4ccc(C#N)cc4)cc3N(C)C(=O)C2C1. The molecule has 0 N–H and O–H groups in total. The summed E-state index contributed by atoms with van der Waals surface area (Å²) in [5.41, 5.74) is 3.40. The van der Waals surface area contributed by atoms with Gasteiger partial charge in [-0.3, -0.25) is 9.69 Å². The molecule has 1 saturated heterocycles. The maximum Gasteiger partial charge on any atom is 0.250 e. The Balaban J connectivity index is 1.70. The zero-order valence-electron chi connectivity index (χ0n) is 15.9. The van der Waals surface area contributed by atoms with Crippen molar-refractivity contribution in [2.75, 3.05) is 36.5 Å². The molecule has 1 unspecified atom stereocenters. The number of benzene rings is 1. The van der Waals surface area contributed by atoms with Gasteiger partial charge in [-0.1, -0.05) is 12.1 Å². The van der Waals surface area contributed by atoms with Crippen molar-refractivity contribution >= 4 is 17.4 Å². The fraction of sp³-hybridized carbons (Fsp3) is 0.381. The van der Waals surface area contributed by atoms with Crippen LogP contribution in [-0.2, 0) is 4.79 Å². The number of aromatic nitrogens is 1. The summed E-state index contributed by atoms with van der Waals surface area (Å²) in [6.45, 7) is 6.81. The van der Waals surface area contributed by atoms with Gasteiger partial charge in [0.05, 0.1) is 17.3 Å². The average molecular weight is 361 g/mol. The smallest absolute Gasteiger partial charge is 0.250 e. The third-order valence-corrected chi connectivity index (χ3v) is 5.59. The molecule has 138 valence electrons. The summed E-state index contributed by atoms with van der Waals surface area (Å²) in [5, 5.41) is 8.97. The largest absolute Gasteiger partial charge is 0.340 e. The highest BCUT2D eigenvalue weighted by molar-refractivity contribution is 6.05. The van der Waals surface area contributed by atoms with E-state index >= 15 is 0 Å². The Morgan fingerprint density at radius 2 is 1.93 bits per heavy atom. The summed E-state index contributed by atoms with van der Waals surface area (Å²) >= 11 is 0. The predicted octanol–water partition coefficient (Wildman–Crippen LogP) is 2.50. The fourth-order valence-corrected chi connectivity index (χ4v) is 3.89. The molecular weight excluding hydrogens is 338 g/mol. The lowest BCUT2D eigenvalue weighted by atomic mass is 10.0. The molecule has 6 nitrogen and oxygen atoms in total. The topological polar surface area (TPSA) is 63.5 Å². The maximum atomic E-state index is 13.0. The van der Waals surface area contributed by atoms with Crippen LogP contribution in [0.3, 0.4) is 0 Å². The first-order valence-corrected chi connectivity index (χ1v) is 9.28. The number of carbonyl (C=O) groups excluding carboxylic acids is 1. The van der Waals surface area contributed by atoms with Crippen molar-refractivity contribution in [3.05, 3.63) is 42.1 Å². The van der Waals surface area contributed by atoms with Crippen molar-refractivity contribution in [2.45, 2.75) is 25.9 Å². The van der Waals surface area contributed by atoms with E-state index in [4.69, 9.17) is 10.2 Å². The van der Waals surface area contributed by atoms with Crippen molar-refractivity contribution < 1.29 is 4.79 Å². The Morgan fingerprint density at radius 3 is 2.59 bits per heavy atom. The highest BCUT2D eigenvalue weighted by Gasteiger charge is 2.41. The molecule has 1 fully saturated rings. The van der Waals surface area contributed by atoms with E-state index in [9.17, 15) is 4.79 Å². The quantitative estimate of drug-likeness (QED) is 0.822. The van der Waals surface area contributed by atoms with Gasteiger partial charge in [-0.2, -0.15) is 5.26 Å². The number of anilines is 2. The van der Waals surface area contributed by atoms with Crippen LogP contribution in [0.4, 0.5) is 11.5 Å². The second-order valence-electron chi connectivity index (χ2n) is 7.45. The second kappa shape index (κ2) is 6.67. The molecular formula is C21H23N5O. The van der Waals surface area contributed by atoms with E-state index in [1.54, 1.807) is 17.0 Å². The van der Waals surface area contributed by atoms with Crippen molar-refractivity contribution in [3.63, 3.8) is 0 Å². The number of nitriles is 1. The van der Waals surface area contributed by atoms with Crippen LogP contribution in [0.1, 0.15) is 19.4 Å². The van der Waals surface area contributed by atoms with Crippen molar-refractivity contribution in [1.29, 1.82) is 5.26 Å². The van der Waals surface area contributed by atoms with Crippen molar-refractivity contribution in [1.82, 2.24) is 9.88 Å². The number of carbonyl (C=O) groups is 1. The van der Waals surface area contributed by atoms with E-state index in [1.807, 2.05) is 31.4 Å². The van der Waals surface area contributed by atoms with Crippen LogP contribution in [0.5, 0.6) is 0 Å². The van der Waals surface area contributed by atoms with Gasteiger partial charge in [-0.05, 0) is 37.6 Å². The predicted molar refractivity (Wildman–Crippen MR) is 106 cm³/mol. The highest BCUT2D eigenvalue weighted by Crippen LogP contribution is 2.37. The summed E-state index contributed by atoms with van der Waals surface area (Å²) in [6.07, 6.45) is 1.86. The molecule has 1 amide bonds. The van der Waals surface area contributed by atoms with Crippen molar-refractivity contribution in [3.8, 4) is 17.2 Å². The van der Waals surface area contributed by atoms with Crippen LogP contribution in [0.25, 0.3) is 11.1 Å². The summed E-state index contributed by atoms with van der Waals surface area (Å²) in [5.74, 6) is 0.995. The molecule has 3 heterocycles. The Kier molecular flexibility index (Phi) is 4.33. The highest BCUT2D eigenvalue weighted by atomic mass is 16.2. The van der Waals surface area contributed by atoms with E-state index in [2.05, 4.69) is 29.7 Å². The Labute approximate surface area is 159 Å². The minimum Gasteiger partial charge on any atom is -0.340 e. The molecule has 0 radical (unpaired) electrons. The minimum absolute atomic E-state index is 0.117. The van der Waals surface area contributed by atoms with Gasteiger partial charge >= 0.3 is 0 Å². The third kappa shape index (κ3) is 2.94. The van der Waals surface area contributed by atoms with Gasteiger partial charge in [0.2, 0.25) is 0 Å². The van der Waals surface area contributed by atoms with Crippen molar-refractivity contribution in [2.24, 2.45) is 0 Å². The number of pyridine rings is 1. The van der Waals surface area contributed by atoms with E-state index in [0.29, 0.717) is 11.6 Å². The molecule has 2 aromatic rings. The average Bonchev–Trinajstić information content (AvgIpc) is 2.71. The molecule has 0 aliphatic carbocycles. The molecule has 4 rings (SSSR count). The molecule has 0 spiro atoms. The number of nitrogens with zero attached hydrogens (tertiary/aromatic N) is 5. The van der Waals surface area contributed by atoms with E-state index in [0.717, 1.165) is 42.3 Å². The lowest BCUT2D eigenvalue weighted by molar-refractivity contribution is -0.121. The van der Waals surface area contributed by atoms with Gasteiger partial charge in [-0.15, -0.1) is 0 Å². The van der Waals surface area contributed by atoms with Crippen LogP contribution in [0, 0.1) is 11.3 Å². The number of hydrogen-bond donors (Lipinski definition) is 0. The van der Waals surface area contributed by atoms with Crippen LogP contribution in [0.2, 0.25) is 0 Å². The summed E-state index contributed by atoms with van der Waals surface area (Å²) in [7, 11) is 1.83. The van der Waals surface area contributed by atoms with Crippen LogP contribution in [0.15, 0.2) is 36.5 Å². The molecule has 6 heteroatoms. The normalized spacial score (nSPS) is 19.7. The Bertz CT molecular complexity index is 915. The molecule has 27 heavy (non-hydrogen) atoms. The number of likely N-dealkylation sites (N-methyl/N-ethyl adjacent to an activating group) is 1. The van der Waals surface area contributed by atoms with Gasteiger partial charge in [0.1, 0.15) is 6.04 Å². The third-order valence-electron chi connectivity index (χ3n) is 5.59. The molecule has 0 bridgehead atoms. The fourth-order valence-electron chi connectivity index (χ4n) is 3.89. The lowest BCUT2D eigenvalue weighted by Crippen LogP contribution is -2.63. The zero-order valence-corrected chi connectivity index (χ0v) is 15.9. The number of piperazine rings is 1. The number of rotatable bonds is 2. The van der Waals surface area contributed by atoms with Crippen LogP contribution >= 0.6 is 0 Å². The first-order chi connectivity index (χ1) is 13.0. The Morgan fingerprint density at radius 1 is 1.19 bits per heavy atom. The summed E-state index contributed by atoms with van der Waals surface area (Å²) in [4.78, 5) is 24.0. The first kappa shape index (κ1) is 17.5. The summed E-state index contributed by atoms with van der Waals surface area (Å²) in [6, 6.07) is 11.8. The van der Waals surface area contributed by atoms with Gasteiger partial charge in [0.25, 0.3) is 5.91 Å². The van der Waals surface area contributed by atoms with E-state index in [1.165, 1.54) is 0 Å². The zero-order chi connectivity index (χ0) is 19.1. The molecule has 1 aromatic heterocycles. The van der Waals surface area contributed by atoms with Gasteiger partial charge in [-0.25, -0.2) is 4.98 Å². The number of hydrogen-bond acceptors (Lipinski definition) is 5. The summed E-state index contributed by atoms with van der Waals surface area (Å²) < 4.78 is 0. The van der Waals surface area contributed by atoms with E-state index < -0.39 is 0 Å². The van der Waals surface area contributed by atoms with Gasteiger partial charge in [0.15, 0.2) is 5.82 Å². The van der Waals surface area contributed by atoms with Crippen LogP contribution in [-0.4, -0.2) is 54.6 Å². The second-order valence-corrected chi connectivity index (χ2v) is 7.45. The monoisotopic (exact) mass is 361 g/mol. The minimum atomic E-state index is -0.174. The molecule has 1 aromatic carbocycles. The molecule has 2 aliphatic rings. The maximum absolute atomic E-state index is 13.0. The van der Waals surface area contributed by atoms with Crippen LogP contribution < -0.4 is 9.80 Å². The number of amides is 1. The molecule has 1 atom stereocenters. The van der Waals surface area contributed by atoms with Gasteiger partial charge in [0, 0.05) is 44.5 Å². The van der Waals surface area contributed by atoms with E-state index in [-0.39, 0.29) is 11.9 Å². The lowest BCUT2D eigenvalue weighted by Gasteiger charge is -2.47. The Hall–Kier alpha value is -2.91. The standard InChI is InChI=1S/C21H23N5O/c1-14(2)25-8-9-26-19(13-25)21(27)24(3)18-10-17(12-23-20(18)26)16-6-4-15(11-22)5-7-16/h4-7,10,12,14,19H,8-9,13H2,1-3H3. The number of fused-ring (bicyclic) bond motifs is 3. The molecule has 2 aliphatic heterocycles. The molecule has 0 saturated carbocycles. The first-order valence-electron chi connectivity index (χ1n) is 9.28.